The second-order valence-electron chi connectivity index (χ2n) is 1.68. The number of carbonyl (C=O) groups excluding carboxylic acids is 1. The first kappa shape index (κ1) is 7.37. The van der Waals surface area contributed by atoms with Gasteiger partial charge in [0.05, 0.1) is 0 Å². The molecule has 0 aliphatic heterocycles. The van der Waals surface area contributed by atoms with Gasteiger partial charge in [-0.1, -0.05) is 6.08 Å². The van der Waals surface area contributed by atoms with Gasteiger partial charge in [-0.15, -0.1) is 0 Å². The Labute approximate surface area is 49.4 Å². The molecule has 0 rings (SSSR count). The molecule has 46 valence electrons. The van der Waals surface area contributed by atoms with Crippen molar-refractivity contribution in [1.82, 2.24) is 0 Å². The molecular formula is C6H11NO. The van der Waals surface area contributed by atoms with Gasteiger partial charge in [-0.2, -0.15) is 0 Å². The van der Waals surface area contributed by atoms with E-state index in [1.54, 1.807) is 13.0 Å². The van der Waals surface area contributed by atoms with Crippen molar-refractivity contribution in [1.29, 1.82) is 0 Å². The maximum atomic E-state index is 10.4. The zero-order valence-corrected chi connectivity index (χ0v) is 5.27. The SMILES string of the molecule is CC(=O)/C(C)=C/CN. The third-order valence-electron chi connectivity index (χ3n) is 0.979. The summed E-state index contributed by atoms with van der Waals surface area (Å²) in [5.41, 5.74) is 5.88. The van der Waals surface area contributed by atoms with Crippen molar-refractivity contribution in [2.24, 2.45) is 5.73 Å². The van der Waals surface area contributed by atoms with Gasteiger partial charge in [-0.3, -0.25) is 4.79 Å². The smallest absolute Gasteiger partial charge is 0.155 e. The van der Waals surface area contributed by atoms with Crippen molar-refractivity contribution in [3.8, 4) is 0 Å². The van der Waals surface area contributed by atoms with E-state index in [2.05, 4.69) is 0 Å². The van der Waals surface area contributed by atoms with Gasteiger partial charge < -0.3 is 5.73 Å². The van der Waals surface area contributed by atoms with Crippen molar-refractivity contribution in [2.45, 2.75) is 13.8 Å². The van der Waals surface area contributed by atoms with Crippen LogP contribution < -0.4 is 5.73 Å². The molecule has 0 radical (unpaired) electrons. The molecule has 2 N–H and O–H groups in total. The Bertz CT molecular complexity index is 116. The molecule has 0 saturated carbocycles. The predicted molar refractivity (Wildman–Crippen MR) is 33.5 cm³/mol. The van der Waals surface area contributed by atoms with E-state index < -0.39 is 0 Å². The molecule has 8 heavy (non-hydrogen) atoms. The van der Waals surface area contributed by atoms with Crippen molar-refractivity contribution in [3.05, 3.63) is 11.6 Å². The zero-order chi connectivity index (χ0) is 6.57. The van der Waals surface area contributed by atoms with Crippen LogP contribution in [0.2, 0.25) is 0 Å². The maximum Gasteiger partial charge on any atom is 0.155 e. The fraction of sp³-hybridized carbons (Fsp3) is 0.500. The summed E-state index contributed by atoms with van der Waals surface area (Å²) in [7, 11) is 0. The minimum absolute atomic E-state index is 0.0930. The van der Waals surface area contributed by atoms with Crippen LogP contribution in [-0.2, 0) is 4.79 Å². The van der Waals surface area contributed by atoms with E-state index in [1.165, 1.54) is 6.92 Å². The highest BCUT2D eigenvalue weighted by Gasteiger charge is 1.91. The van der Waals surface area contributed by atoms with E-state index in [4.69, 9.17) is 5.73 Å². The summed E-state index contributed by atoms with van der Waals surface area (Å²) in [5.74, 6) is 0.0930. The Morgan fingerprint density at radius 2 is 2.12 bits per heavy atom. The molecule has 0 amide bonds. The van der Waals surface area contributed by atoms with Gasteiger partial charge in [0.2, 0.25) is 0 Å². The van der Waals surface area contributed by atoms with Crippen LogP contribution in [0.5, 0.6) is 0 Å². The monoisotopic (exact) mass is 113 g/mol. The van der Waals surface area contributed by atoms with Gasteiger partial charge in [0.15, 0.2) is 5.78 Å². The molecule has 0 aliphatic carbocycles. The maximum absolute atomic E-state index is 10.4. The van der Waals surface area contributed by atoms with Gasteiger partial charge in [0.1, 0.15) is 0 Å². The number of nitrogens with two attached hydrogens (primary N) is 1. The van der Waals surface area contributed by atoms with Gasteiger partial charge >= 0.3 is 0 Å². The number of rotatable bonds is 2. The van der Waals surface area contributed by atoms with E-state index in [9.17, 15) is 4.79 Å². The summed E-state index contributed by atoms with van der Waals surface area (Å²) in [6.07, 6.45) is 1.71. The first-order chi connectivity index (χ1) is 3.68. The lowest BCUT2D eigenvalue weighted by atomic mass is 10.2. The predicted octanol–water partition coefficient (Wildman–Crippen LogP) is 0.480. The second kappa shape index (κ2) is 3.38. The molecule has 0 aromatic heterocycles. The standard InChI is InChI=1S/C6H11NO/c1-5(3-4-7)6(2)8/h3H,4,7H2,1-2H3/b5-3+. The van der Waals surface area contributed by atoms with Crippen LogP contribution in [0.3, 0.4) is 0 Å². The first-order valence-corrected chi connectivity index (χ1v) is 2.56. The van der Waals surface area contributed by atoms with Crippen molar-refractivity contribution < 1.29 is 4.79 Å². The minimum Gasteiger partial charge on any atom is -0.327 e. The third kappa shape index (κ3) is 2.53. The van der Waals surface area contributed by atoms with Gasteiger partial charge in [-0.25, -0.2) is 0 Å². The van der Waals surface area contributed by atoms with E-state index >= 15 is 0 Å². The molecule has 0 aromatic rings. The third-order valence-corrected chi connectivity index (χ3v) is 0.979. The molecular weight excluding hydrogens is 102 g/mol. The molecule has 0 bridgehead atoms. The highest BCUT2D eigenvalue weighted by atomic mass is 16.1. The molecule has 0 heterocycles. The lowest BCUT2D eigenvalue weighted by Crippen LogP contribution is -1.98. The molecule has 0 aromatic carbocycles. The highest BCUT2D eigenvalue weighted by molar-refractivity contribution is 5.92. The van der Waals surface area contributed by atoms with Gasteiger partial charge in [0.25, 0.3) is 0 Å². The number of ketones is 1. The van der Waals surface area contributed by atoms with Crippen LogP contribution in [-0.4, -0.2) is 12.3 Å². The molecule has 2 heteroatoms. The lowest BCUT2D eigenvalue weighted by Gasteiger charge is -1.88. The average molecular weight is 113 g/mol. The minimum atomic E-state index is 0.0930. The normalized spacial score (nSPS) is 11.6. The van der Waals surface area contributed by atoms with Crippen LogP contribution in [0.15, 0.2) is 11.6 Å². The van der Waals surface area contributed by atoms with E-state index in [-0.39, 0.29) is 5.78 Å². The Kier molecular flexibility index (Phi) is 3.12. The molecule has 0 spiro atoms. The number of hydrogen-bond acceptors (Lipinski definition) is 2. The van der Waals surface area contributed by atoms with E-state index in [1.807, 2.05) is 0 Å². The molecule has 0 fully saturated rings. The summed E-state index contributed by atoms with van der Waals surface area (Å²) in [6, 6.07) is 0. The lowest BCUT2D eigenvalue weighted by molar-refractivity contribution is -0.113. The van der Waals surface area contributed by atoms with Crippen molar-refractivity contribution in [2.75, 3.05) is 6.54 Å². The zero-order valence-electron chi connectivity index (χ0n) is 5.27. The van der Waals surface area contributed by atoms with Crippen LogP contribution in [0.25, 0.3) is 0 Å². The van der Waals surface area contributed by atoms with Crippen LogP contribution in [0.1, 0.15) is 13.8 Å². The number of allylic oxidation sites excluding steroid dienone is 1. The average Bonchev–Trinajstić information content (AvgIpc) is 1.67. The van der Waals surface area contributed by atoms with Crippen LogP contribution in [0.4, 0.5) is 0 Å². The summed E-state index contributed by atoms with van der Waals surface area (Å²) >= 11 is 0. The number of Topliss-reactive ketones (excluding diaryl/α,β-unsaturated/α-hetero) is 1. The Hall–Kier alpha value is -0.630. The second-order valence-corrected chi connectivity index (χ2v) is 1.68. The highest BCUT2D eigenvalue weighted by Crippen LogP contribution is 1.90. The Morgan fingerprint density at radius 1 is 1.62 bits per heavy atom. The molecule has 0 unspecified atom stereocenters. The van der Waals surface area contributed by atoms with Gasteiger partial charge in [0, 0.05) is 6.54 Å². The number of carbonyl (C=O) groups is 1. The van der Waals surface area contributed by atoms with Crippen molar-refractivity contribution >= 4 is 5.78 Å². The first-order valence-electron chi connectivity index (χ1n) is 2.56. The summed E-state index contributed by atoms with van der Waals surface area (Å²) < 4.78 is 0. The summed E-state index contributed by atoms with van der Waals surface area (Å²) in [4.78, 5) is 10.4. The summed E-state index contributed by atoms with van der Waals surface area (Å²) in [5, 5.41) is 0. The molecule has 0 atom stereocenters. The van der Waals surface area contributed by atoms with Gasteiger partial charge in [-0.05, 0) is 19.4 Å². The summed E-state index contributed by atoms with van der Waals surface area (Å²) in [6.45, 7) is 3.74. The molecule has 2 nitrogen and oxygen atoms in total. The largest absolute Gasteiger partial charge is 0.327 e. The Morgan fingerprint density at radius 3 is 2.25 bits per heavy atom. The molecule has 0 saturated heterocycles. The Balaban J connectivity index is 3.80. The fourth-order valence-corrected chi connectivity index (χ4v) is 0.321. The quantitative estimate of drug-likeness (QED) is 0.529. The van der Waals surface area contributed by atoms with Crippen molar-refractivity contribution in [3.63, 3.8) is 0 Å². The fourth-order valence-electron chi connectivity index (χ4n) is 0.321. The van der Waals surface area contributed by atoms with Crippen LogP contribution >= 0.6 is 0 Å². The number of hydrogen-bond donors (Lipinski definition) is 1. The van der Waals surface area contributed by atoms with E-state index in [0.29, 0.717) is 6.54 Å². The molecule has 0 aliphatic rings. The van der Waals surface area contributed by atoms with E-state index in [0.717, 1.165) is 5.57 Å². The topological polar surface area (TPSA) is 43.1 Å². The van der Waals surface area contributed by atoms with Crippen LogP contribution in [0, 0.1) is 0 Å².